The molecule has 1 aliphatic rings. The lowest BCUT2D eigenvalue weighted by atomic mass is 9.89. The van der Waals surface area contributed by atoms with Crippen LogP contribution in [0.4, 0.5) is 10.1 Å². The third-order valence-electron chi connectivity index (χ3n) is 2.80. The van der Waals surface area contributed by atoms with E-state index in [-0.39, 0.29) is 24.3 Å². The van der Waals surface area contributed by atoms with Crippen molar-refractivity contribution in [1.82, 2.24) is 5.32 Å². The summed E-state index contributed by atoms with van der Waals surface area (Å²) < 4.78 is 13.1. The minimum absolute atomic E-state index is 0.00591. The van der Waals surface area contributed by atoms with E-state index in [1.54, 1.807) is 6.07 Å². The predicted octanol–water partition coefficient (Wildman–Crippen LogP) is 1.78. The van der Waals surface area contributed by atoms with E-state index in [1.165, 1.54) is 12.1 Å². The Balaban J connectivity index is 2.33. The first-order valence-electron chi connectivity index (χ1n) is 5.87. The number of hydrogen-bond acceptors (Lipinski definition) is 2. The van der Waals surface area contributed by atoms with Crippen molar-refractivity contribution in [3.63, 3.8) is 0 Å². The molecule has 1 heterocycles. The monoisotopic (exact) mass is 250 g/mol. The van der Waals surface area contributed by atoms with Crippen molar-refractivity contribution in [1.29, 1.82) is 0 Å². The van der Waals surface area contributed by atoms with Gasteiger partial charge in [0, 0.05) is 18.2 Å². The number of hydrogen-bond donors (Lipinski definition) is 2. The Morgan fingerprint density at radius 2 is 2.22 bits per heavy atom. The maximum Gasteiger partial charge on any atom is 0.228 e. The second-order valence-electron chi connectivity index (χ2n) is 4.70. The highest BCUT2D eigenvalue weighted by molar-refractivity contribution is 6.01. The molecular formula is C13H15FN2O2. The van der Waals surface area contributed by atoms with Gasteiger partial charge in [-0.05, 0) is 31.5 Å². The molecule has 0 saturated heterocycles. The molecule has 1 unspecified atom stereocenters. The van der Waals surface area contributed by atoms with Crippen molar-refractivity contribution < 1.29 is 14.0 Å². The molecule has 2 N–H and O–H groups in total. The Bertz CT molecular complexity index is 500. The number of rotatable bonds is 2. The topological polar surface area (TPSA) is 58.2 Å². The molecule has 5 heteroatoms. The Hall–Kier alpha value is -1.91. The van der Waals surface area contributed by atoms with Crippen LogP contribution in [0.2, 0.25) is 0 Å². The van der Waals surface area contributed by atoms with Crippen LogP contribution in [-0.4, -0.2) is 17.9 Å². The normalized spacial score (nSPS) is 18.2. The first kappa shape index (κ1) is 12.5. The van der Waals surface area contributed by atoms with Crippen molar-refractivity contribution in [3.8, 4) is 0 Å². The van der Waals surface area contributed by atoms with Crippen LogP contribution in [0.1, 0.15) is 31.7 Å². The summed E-state index contributed by atoms with van der Waals surface area (Å²) in [4.78, 5) is 23.5. The van der Waals surface area contributed by atoms with Crippen molar-refractivity contribution in [2.75, 3.05) is 5.32 Å². The molecule has 0 radical (unpaired) electrons. The zero-order valence-electron chi connectivity index (χ0n) is 10.3. The SMILES string of the molecule is CC(C)NC(=O)C1CC(=O)Nc2cc(F)ccc21. The van der Waals surface area contributed by atoms with Crippen LogP contribution in [-0.2, 0) is 9.59 Å². The van der Waals surface area contributed by atoms with Gasteiger partial charge in [-0.25, -0.2) is 4.39 Å². The summed E-state index contributed by atoms with van der Waals surface area (Å²) in [7, 11) is 0. The van der Waals surface area contributed by atoms with Gasteiger partial charge in [-0.1, -0.05) is 6.07 Å². The number of amides is 2. The van der Waals surface area contributed by atoms with Gasteiger partial charge in [0.15, 0.2) is 0 Å². The summed E-state index contributed by atoms with van der Waals surface area (Å²) in [6.45, 7) is 3.71. The van der Waals surface area contributed by atoms with Crippen LogP contribution in [0.25, 0.3) is 0 Å². The number of nitrogens with one attached hydrogen (secondary N) is 2. The van der Waals surface area contributed by atoms with Crippen molar-refractivity contribution in [2.24, 2.45) is 0 Å². The Kier molecular flexibility index (Phi) is 3.32. The van der Waals surface area contributed by atoms with Gasteiger partial charge in [-0.15, -0.1) is 0 Å². The van der Waals surface area contributed by atoms with Crippen LogP contribution < -0.4 is 10.6 Å². The lowest BCUT2D eigenvalue weighted by molar-refractivity contribution is -0.126. The molecule has 18 heavy (non-hydrogen) atoms. The Morgan fingerprint density at radius 3 is 2.89 bits per heavy atom. The highest BCUT2D eigenvalue weighted by Gasteiger charge is 2.30. The molecule has 1 aromatic rings. The molecular weight excluding hydrogens is 235 g/mol. The fraction of sp³-hybridized carbons (Fsp3) is 0.385. The third-order valence-corrected chi connectivity index (χ3v) is 2.80. The first-order chi connectivity index (χ1) is 8.47. The van der Waals surface area contributed by atoms with Gasteiger partial charge in [0.1, 0.15) is 5.82 Å². The molecule has 1 atom stereocenters. The fourth-order valence-corrected chi connectivity index (χ4v) is 2.06. The summed E-state index contributed by atoms with van der Waals surface area (Å²) >= 11 is 0. The van der Waals surface area contributed by atoms with Gasteiger partial charge in [0.05, 0.1) is 5.92 Å². The lowest BCUT2D eigenvalue weighted by Crippen LogP contribution is -2.38. The van der Waals surface area contributed by atoms with Gasteiger partial charge >= 0.3 is 0 Å². The average molecular weight is 250 g/mol. The molecule has 0 fully saturated rings. The molecule has 0 spiro atoms. The standard InChI is InChI=1S/C13H15FN2O2/c1-7(2)15-13(18)10-6-12(17)16-11-5-8(14)3-4-9(10)11/h3-5,7,10H,6H2,1-2H3,(H,15,18)(H,16,17). The van der Waals surface area contributed by atoms with E-state index in [0.717, 1.165) is 0 Å². The summed E-state index contributed by atoms with van der Waals surface area (Å²) in [6, 6.07) is 4.09. The minimum Gasteiger partial charge on any atom is -0.353 e. The van der Waals surface area contributed by atoms with Crippen LogP contribution in [0.5, 0.6) is 0 Å². The van der Waals surface area contributed by atoms with Crippen molar-refractivity contribution in [2.45, 2.75) is 32.2 Å². The maximum absolute atomic E-state index is 13.1. The maximum atomic E-state index is 13.1. The molecule has 1 aliphatic heterocycles. The molecule has 96 valence electrons. The Morgan fingerprint density at radius 1 is 1.50 bits per heavy atom. The van der Waals surface area contributed by atoms with E-state index in [1.807, 2.05) is 13.8 Å². The quantitative estimate of drug-likeness (QED) is 0.840. The molecule has 2 rings (SSSR count). The highest BCUT2D eigenvalue weighted by Crippen LogP contribution is 2.32. The van der Waals surface area contributed by atoms with Gasteiger partial charge in [0.2, 0.25) is 11.8 Å². The summed E-state index contributed by atoms with van der Waals surface area (Å²) in [6.07, 6.45) is 0.0944. The highest BCUT2D eigenvalue weighted by atomic mass is 19.1. The van der Waals surface area contributed by atoms with Crippen LogP contribution in [0, 0.1) is 5.82 Å². The first-order valence-corrected chi connectivity index (χ1v) is 5.87. The predicted molar refractivity (Wildman–Crippen MR) is 65.7 cm³/mol. The molecule has 2 amide bonds. The van der Waals surface area contributed by atoms with Crippen molar-refractivity contribution in [3.05, 3.63) is 29.6 Å². The van der Waals surface area contributed by atoms with Gasteiger partial charge < -0.3 is 10.6 Å². The summed E-state index contributed by atoms with van der Waals surface area (Å²) in [5, 5.41) is 5.36. The minimum atomic E-state index is -0.545. The molecule has 1 aromatic carbocycles. The zero-order chi connectivity index (χ0) is 13.3. The van der Waals surface area contributed by atoms with E-state index in [2.05, 4.69) is 10.6 Å². The van der Waals surface area contributed by atoms with E-state index in [0.29, 0.717) is 11.3 Å². The summed E-state index contributed by atoms with van der Waals surface area (Å²) in [5.41, 5.74) is 1.05. The second-order valence-corrected chi connectivity index (χ2v) is 4.70. The van der Waals surface area contributed by atoms with Crippen molar-refractivity contribution >= 4 is 17.5 Å². The number of benzene rings is 1. The van der Waals surface area contributed by atoms with E-state index in [9.17, 15) is 14.0 Å². The Labute approximate surface area is 105 Å². The van der Waals surface area contributed by atoms with Crippen LogP contribution in [0.15, 0.2) is 18.2 Å². The molecule has 0 bridgehead atoms. The largest absolute Gasteiger partial charge is 0.353 e. The average Bonchev–Trinajstić information content (AvgIpc) is 2.26. The smallest absolute Gasteiger partial charge is 0.228 e. The second kappa shape index (κ2) is 4.76. The molecule has 4 nitrogen and oxygen atoms in total. The molecule has 0 aromatic heterocycles. The molecule has 0 aliphatic carbocycles. The van der Waals surface area contributed by atoms with E-state index >= 15 is 0 Å². The number of halogens is 1. The van der Waals surface area contributed by atoms with Gasteiger partial charge in [-0.3, -0.25) is 9.59 Å². The zero-order valence-corrected chi connectivity index (χ0v) is 10.3. The lowest BCUT2D eigenvalue weighted by Gasteiger charge is -2.25. The third kappa shape index (κ3) is 2.50. The fourth-order valence-electron chi connectivity index (χ4n) is 2.06. The number of fused-ring (bicyclic) bond motifs is 1. The summed E-state index contributed by atoms with van der Waals surface area (Å²) in [5.74, 6) is -1.44. The number of anilines is 1. The number of carbonyl (C=O) groups excluding carboxylic acids is 2. The van der Waals surface area contributed by atoms with E-state index in [4.69, 9.17) is 0 Å². The van der Waals surface area contributed by atoms with E-state index < -0.39 is 11.7 Å². The van der Waals surface area contributed by atoms with Crippen LogP contribution >= 0.6 is 0 Å². The van der Waals surface area contributed by atoms with Crippen LogP contribution in [0.3, 0.4) is 0 Å². The van der Waals surface area contributed by atoms with Gasteiger partial charge in [-0.2, -0.15) is 0 Å². The molecule has 0 saturated carbocycles. The van der Waals surface area contributed by atoms with Gasteiger partial charge in [0.25, 0.3) is 0 Å². The number of carbonyl (C=O) groups is 2.